The summed E-state index contributed by atoms with van der Waals surface area (Å²) in [6.45, 7) is 9.44. The van der Waals surface area contributed by atoms with Crippen molar-refractivity contribution in [2.75, 3.05) is 26.5 Å². The van der Waals surface area contributed by atoms with E-state index >= 15 is 4.39 Å². The third kappa shape index (κ3) is 8.29. The fraction of sp³-hybridized carbons (Fsp3) is 0.308. The maximum atomic E-state index is 15.2. The van der Waals surface area contributed by atoms with Crippen LogP contribution in [0, 0.1) is 6.92 Å². The summed E-state index contributed by atoms with van der Waals surface area (Å²) in [6.07, 6.45) is 11.4. The lowest BCUT2D eigenvalue weighted by Crippen LogP contribution is -2.15. The van der Waals surface area contributed by atoms with Crippen molar-refractivity contribution in [2.45, 2.75) is 33.6 Å². The molecule has 0 aromatic carbocycles. The van der Waals surface area contributed by atoms with Gasteiger partial charge in [0, 0.05) is 38.0 Å². The van der Waals surface area contributed by atoms with Crippen LogP contribution < -0.4 is 5.32 Å². The maximum absolute atomic E-state index is 15.2. The summed E-state index contributed by atoms with van der Waals surface area (Å²) >= 11 is 1.29. The van der Waals surface area contributed by atoms with Gasteiger partial charge < -0.3 is 9.64 Å². The molecule has 0 unspecified atom stereocenters. The van der Waals surface area contributed by atoms with E-state index in [9.17, 15) is 4.79 Å². The van der Waals surface area contributed by atoms with Crippen LogP contribution in [0.2, 0.25) is 0 Å². The Morgan fingerprint density at radius 1 is 1.26 bits per heavy atom. The van der Waals surface area contributed by atoms with Crippen molar-refractivity contribution >= 4 is 28.2 Å². The SMILES string of the molecule is C=C/C=C\C(OC)=C(/F)c1cc(C)ncc1C(=O)Nc1nnc(CCC(/C=C\N(C)C)=C(C)C)s1. The second-order valence-electron chi connectivity index (χ2n) is 8.11. The molecule has 0 atom stereocenters. The summed E-state index contributed by atoms with van der Waals surface area (Å²) in [4.78, 5) is 19.1. The Hall–Kier alpha value is -3.59. The highest BCUT2D eigenvalue weighted by atomic mass is 32.1. The van der Waals surface area contributed by atoms with Gasteiger partial charge in [0.2, 0.25) is 5.13 Å². The van der Waals surface area contributed by atoms with Gasteiger partial charge in [-0.2, -0.15) is 0 Å². The first-order chi connectivity index (χ1) is 16.7. The van der Waals surface area contributed by atoms with Crippen molar-refractivity contribution in [3.63, 3.8) is 0 Å². The summed E-state index contributed by atoms with van der Waals surface area (Å²) < 4.78 is 20.4. The molecule has 9 heteroatoms. The van der Waals surface area contributed by atoms with Gasteiger partial charge in [0.25, 0.3) is 5.91 Å². The van der Waals surface area contributed by atoms with Crippen molar-refractivity contribution in [3.8, 4) is 0 Å². The molecule has 2 rings (SSSR count). The molecule has 2 aromatic rings. The number of aromatic nitrogens is 3. The molecule has 0 aliphatic heterocycles. The number of methoxy groups -OCH3 is 1. The number of allylic oxidation sites excluding steroid dienone is 6. The number of halogens is 1. The fourth-order valence-electron chi connectivity index (χ4n) is 2.99. The Morgan fingerprint density at radius 2 is 2.00 bits per heavy atom. The monoisotopic (exact) mass is 497 g/mol. The van der Waals surface area contributed by atoms with Crippen LogP contribution in [0.1, 0.15) is 46.9 Å². The Labute approximate surface area is 210 Å². The van der Waals surface area contributed by atoms with Gasteiger partial charge in [-0.3, -0.25) is 15.1 Å². The maximum Gasteiger partial charge on any atom is 0.259 e. The Morgan fingerprint density at radius 3 is 2.63 bits per heavy atom. The highest BCUT2D eigenvalue weighted by molar-refractivity contribution is 7.15. The molecule has 0 radical (unpaired) electrons. The van der Waals surface area contributed by atoms with Crippen molar-refractivity contribution in [1.82, 2.24) is 20.1 Å². The zero-order valence-electron chi connectivity index (χ0n) is 21.1. The number of aryl methyl sites for hydroxylation is 2. The largest absolute Gasteiger partial charge is 0.494 e. The Balaban J connectivity index is 2.22. The van der Waals surface area contributed by atoms with Crippen LogP contribution in [0.3, 0.4) is 0 Å². The fourth-order valence-corrected chi connectivity index (χ4v) is 3.73. The third-order valence-electron chi connectivity index (χ3n) is 4.85. The van der Waals surface area contributed by atoms with Gasteiger partial charge in [-0.05, 0) is 57.2 Å². The molecule has 0 aliphatic carbocycles. The molecule has 0 saturated heterocycles. The quantitative estimate of drug-likeness (QED) is 0.309. The average molecular weight is 498 g/mol. The van der Waals surface area contributed by atoms with E-state index in [4.69, 9.17) is 4.74 Å². The first kappa shape index (κ1) is 27.7. The molecule has 35 heavy (non-hydrogen) atoms. The van der Waals surface area contributed by atoms with E-state index in [2.05, 4.69) is 47.0 Å². The molecule has 0 saturated carbocycles. The van der Waals surface area contributed by atoms with Crippen LogP contribution in [0.25, 0.3) is 5.83 Å². The number of carbonyl (C=O) groups excluding carboxylic acids is 1. The Kier molecular flexibility index (Phi) is 10.5. The van der Waals surface area contributed by atoms with E-state index in [-0.39, 0.29) is 16.9 Å². The van der Waals surface area contributed by atoms with Gasteiger partial charge in [-0.1, -0.05) is 35.6 Å². The molecule has 1 amide bonds. The van der Waals surface area contributed by atoms with E-state index < -0.39 is 11.7 Å². The number of nitrogens with one attached hydrogen (secondary N) is 1. The van der Waals surface area contributed by atoms with Crippen LogP contribution in [0.4, 0.5) is 9.52 Å². The summed E-state index contributed by atoms with van der Waals surface area (Å²) in [6, 6.07) is 1.50. The molecule has 0 fully saturated rings. The van der Waals surface area contributed by atoms with E-state index in [0.717, 1.165) is 11.4 Å². The van der Waals surface area contributed by atoms with Crippen molar-refractivity contribution in [3.05, 3.63) is 88.1 Å². The van der Waals surface area contributed by atoms with Crippen LogP contribution in [0.5, 0.6) is 0 Å². The second kappa shape index (κ2) is 13.3. The zero-order chi connectivity index (χ0) is 26.0. The Bertz CT molecular complexity index is 1170. The van der Waals surface area contributed by atoms with Crippen LogP contribution in [-0.2, 0) is 11.2 Å². The number of ether oxygens (including phenoxy) is 1. The standard InChI is InChI=1S/C26H32FN5O2S/c1-8-9-10-22(34-7)24(27)20-15-18(4)28-16-21(20)25(33)29-26-31-30-23(35-26)12-11-19(17(2)3)13-14-32(5)6/h8-10,13-16H,1,11-12H2,2-7H3,(H,29,31,33)/b10-9-,14-13-,24-22+. The minimum absolute atomic E-state index is 0.0267. The summed E-state index contributed by atoms with van der Waals surface area (Å²) in [5.74, 6) is -1.24. The topological polar surface area (TPSA) is 80.2 Å². The van der Waals surface area contributed by atoms with Crippen LogP contribution >= 0.6 is 11.3 Å². The van der Waals surface area contributed by atoms with Crippen molar-refractivity contribution < 1.29 is 13.9 Å². The third-order valence-corrected chi connectivity index (χ3v) is 5.75. The molecule has 186 valence electrons. The highest BCUT2D eigenvalue weighted by Gasteiger charge is 2.20. The zero-order valence-corrected chi connectivity index (χ0v) is 21.9. The molecule has 0 spiro atoms. The number of hydrogen-bond donors (Lipinski definition) is 1. The van der Waals surface area contributed by atoms with Gasteiger partial charge in [0.05, 0.1) is 12.7 Å². The summed E-state index contributed by atoms with van der Waals surface area (Å²) in [5.41, 5.74) is 3.15. The molecule has 7 nitrogen and oxygen atoms in total. The second-order valence-corrected chi connectivity index (χ2v) is 9.17. The predicted octanol–water partition coefficient (Wildman–Crippen LogP) is 5.86. The van der Waals surface area contributed by atoms with Gasteiger partial charge in [0.1, 0.15) is 5.01 Å². The number of hydrogen-bond acceptors (Lipinski definition) is 7. The van der Waals surface area contributed by atoms with Crippen LogP contribution in [0.15, 0.2) is 66.3 Å². The summed E-state index contributed by atoms with van der Waals surface area (Å²) in [7, 11) is 5.31. The smallest absolute Gasteiger partial charge is 0.259 e. The molecule has 2 heterocycles. The molecule has 0 aliphatic rings. The van der Waals surface area contributed by atoms with E-state index in [1.165, 1.54) is 54.0 Å². The van der Waals surface area contributed by atoms with Gasteiger partial charge >= 0.3 is 0 Å². The van der Waals surface area contributed by atoms with Crippen molar-refractivity contribution in [2.24, 2.45) is 0 Å². The molecular formula is C26H32FN5O2S. The highest BCUT2D eigenvalue weighted by Crippen LogP contribution is 2.27. The van der Waals surface area contributed by atoms with Gasteiger partial charge in [0.15, 0.2) is 11.6 Å². The molecule has 2 aromatic heterocycles. The molecule has 1 N–H and O–H groups in total. The lowest BCUT2D eigenvalue weighted by atomic mass is 10.1. The molecular weight excluding hydrogens is 465 g/mol. The van der Waals surface area contributed by atoms with Crippen LogP contribution in [-0.4, -0.2) is 47.2 Å². The number of carbonyl (C=O) groups is 1. The number of nitrogens with zero attached hydrogens (tertiary/aromatic N) is 4. The van der Waals surface area contributed by atoms with E-state index in [1.54, 1.807) is 13.0 Å². The average Bonchev–Trinajstić information content (AvgIpc) is 3.25. The summed E-state index contributed by atoms with van der Waals surface area (Å²) in [5, 5.41) is 12.1. The minimum Gasteiger partial charge on any atom is -0.494 e. The van der Waals surface area contributed by atoms with Gasteiger partial charge in [-0.15, -0.1) is 10.2 Å². The first-order valence-electron chi connectivity index (χ1n) is 11.0. The number of pyridine rings is 1. The predicted molar refractivity (Wildman–Crippen MR) is 141 cm³/mol. The van der Waals surface area contributed by atoms with E-state index in [0.29, 0.717) is 17.2 Å². The lowest BCUT2D eigenvalue weighted by Gasteiger charge is -2.10. The van der Waals surface area contributed by atoms with E-state index in [1.807, 2.05) is 25.2 Å². The van der Waals surface area contributed by atoms with Crippen molar-refractivity contribution in [1.29, 1.82) is 0 Å². The number of amides is 1. The number of rotatable bonds is 11. The van der Waals surface area contributed by atoms with Gasteiger partial charge in [-0.25, -0.2) is 4.39 Å². The number of anilines is 1. The normalized spacial score (nSPS) is 12.0. The first-order valence-corrected chi connectivity index (χ1v) is 11.8. The molecule has 0 bridgehead atoms. The minimum atomic E-state index is -0.681. The lowest BCUT2D eigenvalue weighted by molar-refractivity contribution is 0.102.